The molecule has 0 unspecified atom stereocenters. The van der Waals surface area contributed by atoms with Gasteiger partial charge in [-0.15, -0.1) is 0 Å². The van der Waals surface area contributed by atoms with E-state index < -0.39 is 10.0 Å². The second kappa shape index (κ2) is 8.18. The third-order valence-corrected chi connectivity index (χ3v) is 8.34. The van der Waals surface area contributed by atoms with Gasteiger partial charge in [-0.1, -0.05) is 25.0 Å². The fourth-order valence-electron chi connectivity index (χ4n) is 4.81. The van der Waals surface area contributed by atoms with Crippen molar-refractivity contribution in [3.8, 4) is 23.1 Å². The maximum atomic E-state index is 12.3. The highest BCUT2D eigenvalue weighted by Crippen LogP contribution is 2.42. The van der Waals surface area contributed by atoms with Crippen LogP contribution in [0.2, 0.25) is 0 Å². The highest BCUT2D eigenvalue weighted by molar-refractivity contribution is 7.93. The number of hydrogen-bond donors (Lipinski definition) is 1. The van der Waals surface area contributed by atoms with Crippen LogP contribution in [-0.2, 0) is 10.0 Å². The van der Waals surface area contributed by atoms with E-state index >= 15 is 0 Å². The predicted molar refractivity (Wildman–Crippen MR) is 126 cm³/mol. The van der Waals surface area contributed by atoms with Crippen molar-refractivity contribution in [1.29, 1.82) is 5.26 Å². The first-order chi connectivity index (χ1) is 15.5. The van der Waals surface area contributed by atoms with Crippen molar-refractivity contribution in [2.24, 2.45) is 0 Å². The summed E-state index contributed by atoms with van der Waals surface area (Å²) in [7, 11) is -3.30. The minimum absolute atomic E-state index is 0.267. The molecule has 2 saturated carbocycles. The van der Waals surface area contributed by atoms with E-state index in [-0.39, 0.29) is 5.25 Å². The molecule has 7 heteroatoms. The van der Waals surface area contributed by atoms with Gasteiger partial charge in [-0.25, -0.2) is 8.42 Å². The van der Waals surface area contributed by atoms with E-state index in [0.29, 0.717) is 23.9 Å². The van der Waals surface area contributed by atoms with E-state index in [1.54, 1.807) is 12.1 Å². The molecule has 0 amide bonds. The third kappa shape index (κ3) is 3.73. The molecule has 0 saturated heterocycles. The van der Waals surface area contributed by atoms with Crippen molar-refractivity contribution in [1.82, 2.24) is 4.57 Å². The first-order valence-electron chi connectivity index (χ1n) is 11.3. The Hall–Kier alpha value is -2.98. The molecule has 6 nitrogen and oxygen atoms in total. The summed E-state index contributed by atoms with van der Waals surface area (Å²) in [5, 5.41) is 10.8. The zero-order valence-corrected chi connectivity index (χ0v) is 19.0. The zero-order valence-electron chi connectivity index (χ0n) is 18.2. The molecular formula is C25H27N3O3S. The van der Waals surface area contributed by atoms with Crippen molar-refractivity contribution in [3.63, 3.8) is 0 Å². The second-order valence-corrected chi connectivity index (χ2v) is 10.6. The minimum atomic E-state index is -3.30. The molecule has 32 heavy (non-hydrogen) atoms. The molecule has 2 aliphatic carbocycles. The Labute approximate surface area is 188 Å². The number of aromatic nitrogens is 1. The number of hydrogen-bond acceptors (Lipinski definition) is 4. The van der Waals surface area contributed by atoms with E-state index in [2.05, 4.69) is 15.4 Å². The SMILES string of the molecule is CCOc1ccc2c(C#N)c(-c3ccc(NS(=O)(=O)C4CC4)cc3)n(C3CCCC3)c2c1. The highest BCUT2D eigenvalue weighted by atomic mass is 32.2. The minimum Gasteiger partial charge on any atom is -0.494 e. The molecule has 0 atom stereocenters. The van der Waals surface area contributed by atoms with Crippen molar-refractivity contribution < 1.29 is 13.2 Å². The van der Waals surface area contributed by atoms with Crippen LogP contribution in [0.4, 0.5) is 5.69 Å². The van der Waals surface area contributed by atoms with Gasteiger partial charge in [0.05, 0.1) is 28.6 Å². The van der Waals surface area contributed by atoms with Crippen molar-refractivity contribution >= 4 is 26.6 Å². The summed E-state index contributed by atoms with van der Waals surface area (Å²) >= 11 is 0. The van der Waals surface area contributed by atoms with Gasteiger partial charge in [0.2, 0.25) is 10.0 Å². The normalized spacial score (nSPS) is 16.9. The van der Waals surface area contributed by atoms with Gasteiger partial charge in [-0.2, -0.15) is 5.26 Å². The van der Waals surface area contributed by atoms with Gasteiger partial charge in [0.25, 0.3) is 0 Å². The monoisotopic (exact) mass is 449 g/mol. The average molecular weight is 450 g/mol. The maximum absolute atomic E-state index is 12.3. The van der Waals surface area contributed by atoms with Gasteiger partial charge in [0.15, 0.2) is 0 Å². The van der Waals surface area contributed by atoms with Gasteiger partial charge in [-0.05, 0) is 62.4 Å². The molecule has 5 rings (SSSR count). The summed E-state index contributed by atoms with van der Waals surface area (Å²) in [5.74, 6) is 0.803. The summed E-state index contributed by atoms with van der Waals surface area (Å²) < 4.78 is 35.3. The Morgan fingerprint density at radius 3 is 2.44 bits per heavy atom. The van der Waals surface area contributed by atoms with Gasteiger partial charge in [0.1, 0.15) is 11.8 Å². The molecule has 1 aromatic heterocycles. The first-order valence-corrected chi connectivity index (χ1v) is 12.9. The summed E-state index contributed by atoms with van der Waals surface area (Å²) in [4.78, 5) is 0. The first kappa shape index (κ1) is 20.9. The molecule has 0 aliphatic heterocycles. The van der Waals surface area contributed by atoms with Crippen LogP contribution in [0, 0.1) is 11.3 Å². The van der Waals surface area contributed by atoms with E-state index in [4.69, 9.17) is 4.74 Å². The highest BCUT2D eigenvalue weighted by Gasteiger charge is 2.35. The number of nitrogens with one attached hydrogen (secondary N) is 1. The smallest absolute Gasteiger partial charge is 0.235 e. The molecule has 2 aliphatic rings. The number of rotatable bonds is 7. The Morgan fingerprint density at radius 1 is 1.09 bits per heavy atom. The molecule has 3 aromatic rings. The quantitative estimate of drug-likeness (QED) is 0.509. The van der Waals surface area contributed by atoms with E-state index in [1.807, 2.05) is 37.3 Å². The summed E-state index contributed by atoms with van der Waals surface area (Å²) in [5.41, 5.74) is 4.05. The lowest BCUT2D eigenvalue weighted by Crippen LogP contribution is -2.17. The zero-order chi connectivity index (χ0) is 22.3. The van der Waals surface area contributed by atoms with Gasteiger partial charge < -0.3 is 9.30 Å². The summed E-state index contributed by atoms with van der Waals surface area (Å²) in [6.07, 6.45) is 5.98. The van der Waals surface area contributed by atoms with Gasteiger partial charge >= 0.3 is 0 Å². The molecule has 0 radical (unpaired) electrons. The molecule has 0 spiro atoms. The summed E-state index contributed by atoms with van der Waals surface area (Å²) in [6, 6.07) is 16.1. The van der Waals surface area contributed by atoms with Crippen molar-refractivity contribution in [2.75, 3.05) is 11.3 Å². The molecular weight excluding hydrogens is 422 g/mol. The Balaban J connectivity index is 1.62. The van der Waals surface area contributed by atoms with E-state index in [0.717, 1.165) is 53.6 Å². The van der Waals surface area contributed by atoms with Crippen molar-refractivity contribution in [2.45, 2.75) is 56.7 Å². The number of sulfonamides is 1. The number of nitriles is 1. The largest absolute Gasteiger partial charge is 0.494 e. The predicted octanol–water partition coefficient (Wildman–Crippen LogP) is 5.60. The number of benzene rings is 2. The lowest BCUT2D eigenvalue weighted by atomic mass is 10.1. The number of nitrogens with zero attached hydrogens (tertiary/aromatic N) is 2. The van der Waals surface area contributed by atoms with Crippen LogP contribution >= 0.6 is 0 Å². The average Bonchev–Trinajstić information content (AvgIpc) is 3.43. The lowest BCUT2D eigenvalue weighted by molar-refractivity contribution is 0.340. The summed E-state index contributed by atoms with van der Waals surface area (Å²) in [6.45, 7) is 2.55. The molecule has 1 N–H and O–H groups in total. The van der Waals surface area contributed by atoms with Gasteiger partial charge in [0, 0.05) is 23.2 Å². The Bertz CT molecular complexity index is 1290. The molecule has 2 aromatic carbocycles. The lowest BCUT2D eigenvalue weighted by Gasteiger charge is -2.19. The molecule has 166 valence electrons. The topological polar surface area (TPSA) is 84.1 Å². The van der Waals surface area contributed by atoms with Crippen molar-refractivity contribution in [3.05, 3.63) is 48.0 Å². The van der Waals surface area contributed by atoms with Crippen LogP contribution < -0.4 is 9.46 Å². The second-order valence-electron chi connectivity index (χ2n) is 8.68. The van der Waals surface area contributed by atoms with Crippen LogP contribution in [0.1, 0.15) is 57.1 Å². The van der Waals surface area contributed by atoms with E-state index in [1.165, 1.54) is 12.8 Å². The Kier molecular flexibility index (Phi) is 5.34. The maximum Gasteiger partial charge on any atom is 0.235 e. The van der Waals surface area contributed by atoms with Crippen LogP contribution in [0.25, 0.3) is 22.2 Å². The van der Waals surface area contributed by atoms with Crippen LogP contribution in [0.15, 0.2) is 42.5 Å². The van der Waals surface area contributed by atoms with Crippen LogP contribution in [0.3, 0.4) is 0 Å². The van der Waals surface area contributed by atoms with Gasteiger partial charge in [-0.3, -0.25) is 4.72 Å². The van der Waals surface area contributed by atoms with Crippen LogP contribution in [-0.4, -0.2) is 24.8 Å². The molecule has 2 fully saturated rings. The Morgan fingerprint density at radius 2 is 1.81 bits per heavy atom. The molecule has 1 heterocycles. The number of fused-ring (bicyclic) bond motifs is 1. The molecule has 0 bridgehead atoms. The van der Waals surface area contributed by atoms with Crippen LogP contribution in [0.5, 0.6) is 5.75 Å². The fourth-order valence-corrected chi connectivity index (χ4v) is 6.20. The van der Waals surface area contributed by atoms with E-state index in [9.17, 15) is 13.7 Å². The fraction of sp³-hybridized carbons (Fsp3) is 0.400. The third-order valence-electron chi connectivity index (χ3n) is 6.47. The number of anilines is 1. The standard InChI is InChI=1S/C25H27N3O3S/c1-2-31-20-11-14-22-23(16-26)25(28(24(22)15-20)19-5-3-4-6-19)17-7-9-18(10-8-17)27-32(29,30)21-12-13-21/h7-11,14-15,19,21,27H,2-6,12-13H2,1H3. The number of ether oxygens (including phenoxy) is 1.